The van der Waals surface area contributed by atoms with Gasteiger partial charge >= 0.3 is 5.97 Å². The van der Waals surface area contributed by atoms with Crippen LogP contribution < -0.4 is 15.4 Å². The van der Waals surface area contributed by atoms with Crippen molar-refractivity contribution < 1.29 is 23.9 Å². The monoisotopic (exact) mass is 364 g/mol. The van der Waals surface area contributed by atoms with Gasteiger partial charge in [-0.25, -0.2) is 0 Å². The van der Waals surface area contributed by atoms with Gasteiger partial charge in [-0.2, -0.15) is 0 Å². The molecule has 1 atom stereocenters. The number of nitrogens with one attached hydrogen (secondary N) is 2. The van der Waals surface area contributed by atoms with Gasteiger partial charge in [0, 0.05) is 18.5 Å². The molecule has 0 fully saturated rings. The summed E-state index contributed by atoms with van der Waals surface area (Å²) >= 11 is 0. The van der Waals surface area contributed by atoms with Crippen LogP contribution in [0.2, 0.25) is 0 Å². The standard InChI is InChI=1S/C19H28N2O5/c1-13(2)12-16(19(24)20-11-5-6-17(22)26-4)21-18(23)14-7-9-15(25-3)10-8-14/h7-10,13,16H,5-6,11-12H2,1-4H3,(H,20,24)(H,21,23)/t16-/m1/s1. The van der Waals surface area contributed by atoms with Gasteiger partial charge in [0.25, 0.3) is 5.91 Å². The van der Waals surface area contributed by atoms with Crippen LogP contribution in [0, 0.1) is 5.92 Å². The van der Waals surface area contributed by atoms with Crippen LogP contribution in [0.5, 0.6) is 5.75 Å². The third kappa shape index (κ3) is 7.55. The van der Waals surface area contributed by atoms with E-state index in [0.717, 1.165) is 0 Å². The highest BCUT2D eigenvalue weighted by Gasteiger charge is 2.22. The van der Waals surface area contributed by atoms with Crippen molar-refractivity contribution in [1.29, 1.82) is 0 Å². The van der Waals surface area contributed by atoms with Crippen molar-refractivity contribution >= 4 is 17.8 Å². The minimum atomic E-state index is -0.636. The van der Waals surface area contributed by atoms with Crippen molar-refractivity contribution in [3.63, 3.8) is 0 Å². The Balaban J connectivity index is 2.62. The SMILES string of the molecule is COC(=O)CCCNC(=O)[C@@H](CC(C)C)NC(=O)c1ccc(OC)cc1. The summed E-state index contributed by atoms with van der Waals surface area (Å²) in [5.41, 5.74) is 0.457. The Morgan fingerprint density at radius 3 is 2.27 bits per heavy atom. The largest absolute Gasteiger partial charge is 0.497 e. The minimum Gasteiger partial charge on any atom is -0.497 e. The van der Waals surface area contributed by atoms with E-state index in [2.05, 4.69) is 15.4 Å². The summed E-state index contributed by atoms with van der Waals surface area (Å²) in [6.07, 6.45) is 1.24. The summed E-state index contributed by atoms with van der Waals surface area (Å²) in [6, 6.07) is 6.05. The molecule has 0 spiro atoms. The highest BCUT2D eigenvalue weighted by atomic mass is 16.5. The topological polar surface area (TPSA) is 93.7 Å². The summed E-state index contributed by atoms with van der Waals surface area (Å²) in [4.78, 5) is 35.9. The lowest BCUT2D eigenvalue weighted by atomic mass is 10.0. The minimum absolute atomic E-state index is 0.233. The van der Waals surface area contributed by atoms with Gasteiger partial charge in [0.05, 0.1) is 14.2 Å². The molecule has 0 radical (unpaired) electrons. The van der Waals surface area contributed by atoms with Crippen LogP contribution in [0.15, 0.2) is 24.3 Å². The Kier molecular flexibility index (Phi) is 9.19. The maximum absolute atomic E-state index is 12.4. The van der Waals surface area contributed by atoms with Crippen molar-refractivity contribution in [2.75, 3.05) is 20.8 Å². The second-order valence-corrected chi connectivity index (χ2v) is 6.35. The van der Waals surface area contributed by atoms with Crippen molar-refractivity contribution in [2.45, 2.75) is 39.2 Å². The third-order valence-electron chi connectivity index (χ3n) is 3.77. The fraction of sp³-hybridized carbons (Fsp3) is 0.526. The van der Waals surface area contributed by atoms with E-state index < -0.39 is 6.04 Å². The Hall–Kier alpha value is -2.57. The number of carbonyl (C=O) groups excluding carboxylic acids is 3. The average Bonchev–Trinajstić information content (AvgIpc) is 2.63. The molecule has 1 rings (SSSR count). The number of esters is 1. The molecular weight excluding hydrogens is 336 g/mol. The van der Waals surface area contributed by atoms with E-state index in [1.807, 2.05) is 13.8 Å². The predicted octanol–water partition coefficient (Wildman–Crippen LogP) is 1.91. The molecule has 2 N–H and O–H groups in total. The van der Waals surface area contributed by atoms with E-state index in [1.165, 1.54) is 7.11 Å². The van der Waals surface area contributed by atoms with Crippen LogP contribution in [-0.4, -0.2) is 44.6 Å². The van der Waals surface area contributed by atoms with E-state index in [-0.39, 0.29) is 30.1 Å². The van der Waals surface area contributed by atoms with Crippen molar-refractivity contribution in [2.24, 2.45) is 5.92 Å². The van der Waals surface area contributed by atoms with E-state index in [0.29, 0.717) is 30.7 Å². The summed E-state index contributed by atoms with van der Waals surface area (Å²) in [5.74, 6) is -0.000143. The van der Waals surface area contributed by atoms with Crippen LogP contribution in [0.4, 0.5) is 0 Å². The lowest BCUT2D eigenvalue weighted by Crippen LogP contribution is -2.47. The molecule has 0 aliphatic heterocycles. The van der Waals surface area contributed by atoms with Gasteiger partial charge in [-0.1, -0.05) is 13.8 Å². The van der Waals surface area contributed by atoms with Crippen molar-refractivity contribution in [1.82, 2.24) is 10.6 Å². The van der Waals surface area contributed by atoms with Gasteiger partial charge in [0.2, 0.25) is 5.91 Å². The quantitative estimate of drug-likeness (QED) is 0.489. The van der Waals surface area contributed by atoms with Crippen LogP contribution in [-0.2, 0) is 14.3 Å². The molecule has 0 saturated carbocycles. The first-order valence-electron chi connectivity index (χ1n) is 8.66. The van der Waals surface area contributed by atoms with Crippen molar-refractivity contribution in [3.8, 4) is 5.75 Å². The zero-order valence-electron chi connectivity index (χ0n) is 15.8. The second-order valence-electron chi connectivity index (χ2n) is 6.35. The van der Waals surface area contributed by atoms with Gasteiger partial charge < -0.3 is 20.1 Å². The molecule has 0 aliphatic carbocycles. The van der Waals surface area contributed by atoms with Gasteiger partial charge in [0.15, 0.2) is 0 Å². The molecule has 26 heavy (non-hydrogen) atoms. The number of rotatable bonds is 10. The summed E-state index contributed by atoms with van der Waals surface area (Å²) in [6.45, 7) is 4.31. The smallest absolute Gasteiger partial charge is 0.305 e. The highest BCUT2D eigenvalue weighted by molar-refractivity contribution is 5.97. The van der Waals surface area contributed by atoms with Crippen molar-refractivity contribution in [3.05, 3.63) is 29.8 Å². The molecule has 1 aromatic rings. The van der Waals surface area contributed by atoms with Crippen LogP contribution in [0.25, 0.3) is 0 Å². The van der Waals surface area contributed by atoms with Gasteiger partial charge in [-0.15, -0.1) is 0 Å². The first-order chi connectivity index (χ1) is 12.4. The summed E-state index contributed by atoms with van der Waals surface area (Å²) in [5, 5.41) is 5.54. The molecule has 0 bridgehead atoms. The number of ether oxygens (including phenoxy) is 2. The van der Waals surface area contributed by atoms with Gasteiger partial charge in [-0.3, -0.25) is 14.4 Å². The number of hydrogen-bond donors (Lipinski definition) is 2. The molecular formula is C19H28N2O5. The molecule has 2 amide bonds. The zero-order valence-corrected chi connectivity index (χ0v) is 15.8. The maximum atomic E-state index is 12.4. The number of carbonyl (C=O) groups is 3. The molecule has 0 unspecified atom stereocenters. The molecule has 144 valence electrons. The van der Waals surface area contributed by atoms with Gasteiger partial charge in [-0.05, 0) is 43.0 Å². The zero-order chi connectivity index (χ0) is 19.5. The maximum Gasteiger partial charge on any atom is 0.305 e. The normalized spacial score (nSPS) is 11.6. The van der Waals surface area contributed by atoms with E-state index >= 15 is 0 Å². The Labute approximate surface area is 154 Å². The lowest BCUT2D eigenvalue weighted by Gasteiger charge is -2.20. The number of methoxy groups -OCH3 is 2. The number of benzene rings is 1. The average molecular weight is 364 g/mol. The highest BCUT2D eigenvalue weighted by Crippen LogP contribution is 2.12. The van der Waals surface area contributed by atoms with Crippen LogP contribution in [0.1, 0.15) is 43.5 Å². The van der Waals surface area contributed by atoms with Gasteiger partial charge in [0.1, 0.15) is 11.8 Å². The second kappa shape index (κ2) is 11.1. The number of amides is 2. The summed E-state index contributed by atoms with van der Waals surface area (Å²) < 4.78 is 9.63. The lowest BCUT2D eigenvalue weighted by molar-refractivity contribution is -0.140. The Bertz CT molecular complexity index is 598. The first kappa shape index (κ1) is 21.5. The molecule has 0 saturated heterocycles. The van der Waals surface area contributed by atoms with E-state index in [4.69, 9.17) is 4.74 Å². The van der Waals surface area contributed by atoms with Crippen LogP contribution >= 0.6 is 0 Å². The van der Waals surface area contributed by atoms with Crippen LogP contribution in [0.3, 0.4) is 0 Å². The third-order valence-corrected chi connectivity index (χ3v) is 3.77. The molecule has 0 aliphatic rings. The fourth-order valence-corrected chi connectivity index (χ4v) is 2.36. The Morgan fingerprint density at radius 1 is 1.08 bits per heavy atom. The fourth-order valence-electron chi connectivity index (χ4n) is 2.36. The number of hydrogen-bond acceptors (Lipinski definition) is 5. The van der Waals surface area contributed by atoms with E-state index in [1.54, 1.807) is 31.4 Å². The molecule has 7 nitrogen and oxygen atoms in total. The molecule has 0 aromatic heterocycles. The Morgan fingerprint density at radius 2 is 1.73 bits per heavy atom. The van der Waals surface area contributed by atoms with E-state index in [9.17, 15) is 14.4 Å². The molecule has 7 heteroatoms. The first-order valence-corrected chi connectivity index (χ1v) is 8.66. The molecule has 0 heterocycles. The predicted molar refractivity (Wildman–Crippen MR) is 98.0 cm³/mol. The molecule has 1 aromatic carbocycles. The summed E-state index contributed by atoms with van der Waals surface area (Å²) in [7, 11) is 2.88.